The average Bonchev–Trinajstić information content (AvgIpc) is 2.31. The molecule has 0 N–H and O–H groups in total. The fourth-order valence-corrected chi connectivity index (χ4v) is 2.76. The molecule has 0 amide bonds. The van der Waals surface area contributed by atoms with E-state index in [0.29, 0.717) is 5.92 Å². The summed E-state index contributed by atoms with van der Waals surface area (Å²) in [4.78, 5) is 2.52. The minimum absolute atomic E-state index is 0.635. The standard InChI is InChI=1S/C17H31N/c1-5-16(3)17(4)13-15(2)14-18-11-9-7-6-8-10-12-18/h5,9,11,15-17H,1,6-8,10,12-14H2,2-4H3. The normalized spacial score (nSPS) is 21.8. The second kappa shape index (κ2) is 8.39. The molecule has 0 aromatic rings. The molecule has 0 aromatic carbocycles. The Kier molecular flexibility index (Phi) is 7.15. The van der Waals surface area contributed by atoms with Gasteiger partial charge in [-0.05, 0) is 49.6 Å². The van der Waals surface area contributed by atoms with Gasteiger partial charge in [0, 0.05) is 13.1 Å². The monoisotopic (exact) mass is 249 g/mol. The van der Waals surface area contributed by atoms with Crippen LogP contribution in [0.5, 0.6) is 0 Å². The molecular weight excluding hydrogens is 218 g/mol. The maximum atomic E-state index is 3.91. The van der Waals surface area contributed by atoms with Gasteiger partial charge in [-0.1, -0.05) is 39.3 Å². The van der Waals surface area contributed by atoms with Crippen molar-refractivity contribution in [2.45, 2.75) is 52.9 Å². The average molecular weight is 249 g/mol. The number of nitrogens with zero attached hydrogens (tertiary/aromatic N) is 1. The maximum absolute atomic E-state index is 3.91. The molecule has 0 bridgehead atoms. The van der Waals surface area contributed by atoms with E-state index in [0.717, 1.165) is 11.8 Å². The van der Waals surface area contributed by atoms with Gasteiger partial charge in [0.15, 0.2) is 0 Å². The minimum Gasteiger partial charge on any atom is -0.377 e. The Morgan fingerprint density at radius 2 is 2.00 bits per heavy atom. The fraction of sp³-hybridized carbons (Fsp3) is 0.765. The van der Waals surface area contributed by atoms with Crippen molar-refractivity contribution in [3.8, 4) is 0 Å². The third-order valence-electron chi connectivity index (χ3n) is 4.22. The van der Waals surface area contributed by atoms with E-state index in [9.17, 15) is 0 Å². The van der Waals surface area contributed by atoms with Crippen LogP contribution in [0.3, 0.4) is 0 Å². The van der Waals surface area contributed by atoms with Gasteiger partial charge in [-0.3, -0.25) is 0 Å². The molecule has 0 aliphatic carbocycles. The van der Waals surface area contributed by atoms with Crippen molar-refractivity contribution in [2.75, 3.05) is 13.1 Å². The first-order chi connectivity index (χ1) is 8.63. The van der Waals surface area contributed by atoms with Crippen LogP contribution >= 0.6 is 0 Å². The minimum atomic E-state index is 0.635. The Hall–Kier alpha value is -0.720. The van der Waals surface area contributed by atoms with E-state index in [1.807, 2.05) is 0 Å². The fourth-order valence-electron chi connectivity index (χ4n) is 2.76. The van der Waals surface area contributed by atoms with Crippen molar-refractivity contribution in [3.05, 3.63) is 24.9 Å². The molecule has 1 nitrogen and oxygen atoms in total. The molecule has 104 valence electrons. The van der Waals surface area contributed by atoms with Crippen molar-refractivity contribution in [3.63, 3.8) is 0 Å². The molecule has 1 aliphatic heterocycles. The molecular formula is C17H31N. The van der Waals surface area contributed by atoms with E-state index in [2.05, 4.69) is 50.6 Å². The lowest BCUT2D eigenvalue weighted by Gasteiger charge is -2.28. The SMILES string of the molecule is C=CC(C)C(C)CC(C)CN1C=CCCCCC1. The first-order valence-corrected chi connectivity index (χ1v) is 7.66. The van der Waals surface area contributed by atoms with Gasteiger partial charge in [0.1, 0.15) is 0 Å². The van der Waals surface area contributed by atoms with Crippen molar-refractivity contribution in [2.24, 2.45) is 17.8 Å². The molecule has 0 saturated carbocycles. The Labute approximate surface area is 114 Å². The van der Waals surface area contributed by atoms with E-state index in [1.54, 1.807) is 0 Å². The number of hydrogen-bond acceptors (Lipinski definition) is 1. The van der Waals surface area contributed by atoms with E-state index in [1.165, 1.54) is 45.2 Å². The van der Waals surface area contributed by atoms with Crippen molar-refractivity contribution < 1.29 is 0 Å². The smallest absolute Gasteiger partial charge is 0.0198 e. The summed E-state index contributed by atoms with van der Waals surface area (Å²) >= 11 is 0. The lowest BCUT2D eigenvalue weighted by atomic mass is 9.87. The second-order valence-corrected chi connectivity index (χ2v) is 6.14. The zero-order valence-electron chi connectivity index (χ0n) is 12.6. The molecule has 3 unspecified atom stereocenters. The van der Waals surface area contributed by atoms with Crippen molar-refractivity contribution >= 4 is 0 Å². The molecule has 0 saturated heterocycles. The Balaban J connectivity index is 2.35. The predicted octanol–water partition coefficient (Wildman–Crippen LogP) is 4.86. The highest BCUT2D eigenvalue weighted by molar-refractivity contribution is 4.86. The highest BCUT2D eigenvalue weighted by Gasteiger charge is 2.15. The molecule has 0 fully saturated rings. The third-order valence-corrected chi connectivity index (χ3v) is 4.22. The molecule has 0 aromatic heterocycles. The van der Waals surface area contributed by atoms with Gasteiger partial charge in [-0.2, -0.15) is 0 Å². The van der Waals surface area contributed by atoms with Gasteiger partial charge in [0.05, 0.1) is 0 Å². The summed E-state index contributed by atoms with van der Waals surface area (Å²) in [6.07, 6.45) is 13.4. The molecule has 3 atom stereocenters. The Morgan fingerprint density at radius 3 is 2.72 bits per heavy atom. The van der Waals surface area contributed by atoms with Crippen molar-refractivity contribution in [1.29, 1.82) is 0 Å². The summed E-state index contributed by atoms with van der Waals surface area (Å²) in [5.74, 6) is 2.15. The lowest BCUT2D eigenvalue weighted by molar-refractivity contribution is 0.264. The molecule has 1 rings (SSSR count). The second-order valence-electron chi connectivity index (χ2n) is 6.14. The molecule has 18 heavy (non-hydrogen) atoms. The quantitative estimate of drug-likeness (QED) is 0.608. The van der Waals surface area contributed by atoms with Crippen LogP contribution in [0.25, 0.3) is 0 Å². The predicted molar refractivity (Wildman–Crippen MR) is 81.5 cm³/mol. The third kappa shape index (κ3) is 5.75. The van der Waals surface area contributed by atoms with Gasteiger partial charge in [-0.15, -0.1) is 6.58 Å². The largest absolute Gasteiger partial charge is 0.377 e. The van der Waals surface area contributed by atoms with Crippen LogP contribution in [0.1, 0.15) is 52.9 Å². The topological polar surface area (TPSA) is 3.24 Å². The summed E-state index contributed by atoms with van der Waals surface area (Å²) < 4.78 is 0. The zero-order valence-corrected chi connectivity index (χ0v) is 12.6. The number of rotatable bonds is 6. The molecule has 1 heteroatoms. The van der Waals surface area contributed by atoms with Gasteiger partial charge < -0.3 is 4.90 Å². The molecule has 0 radical (unpaired) electrons. The molecule has 0 spiro atoms. The van der Waals surface area contributed by atoms with Crippen LogP contribution in [0.2, 0.25) is 0 Å². The van der Waals surface area contributed by atoms with Crippen LogP contribution in [0, 0.1) is 17.8 Å². The highest BCUT2D eigenvalue weighted by atomic mass is 15.1. The highest BCUT2D eigenvalue weighted by Crippen LogP contribution is 2.22. The molecule has 1 aliphatic rings. The Morgan fingerprint density at radius 1 is 1.22 bits per heavy atom. The zero-order chi connectivity index (χ0) is 13.4. The Bertz CT molecular complexity index is 256. The summed E-state index contributed by atoms with van der Waals surface area (Å²) in [7, 11) is 0. The van der Waals surface area contributed by atoms with Gasteiger partial charge in [0.2, 0.25) is 0 Å². The van der Waals surface area contributed by atoms with Crippen molar-refractivity contribution in [1.82, 2.24) is 4.90 Å². The maximum Gasteiger partial charge on any atom is 0.0198 e. The van der Waals surface area contributed by atoms with E-state index >= 15 is 0 Å². The van der Waals surface area contributed by atoms with Gasteiger partial charge >= 0.3 is 0 Å². The van der Waals surface area contributed by atoms with E-state index < -0.39 is 0 Å². The van der Waals surface area contributed by atoms with Crippen LogP contribution in [0.15, 0.2) is 24.9 Å². The summed E-state index contributed by atoms with van der Waals surface area (Å²) in [6, 6.07) is 0. The van der Waals surface area contributed by atoms with Gasteiger partial charge in [0.25, 0.3) is 0 Å². The van der Waals surface area contributed by atoms with E-state index in [-0.39, 0.29) is 0 Å². The van der Waals surface area contributed by atoms with E-state index in [4.69, 9.17) is 0 Å². The number of hydrogen-bond donors (Lipinski definition) is 0. The molecule has 1 heterocycles. The van der Waals surface area contributed by atoms with Crippen LogP contribution in [-0.2, 0) is 0 Å². The lowest BCUT2D eigenvalue weighted by Crippen LogP contribution is -2.26. The van der Waals surface area contributed by atoms with Crippen LogP contribution in [0.4, 0.5) is 0 Å². The summed E-state index contributed by atoms with van der Waals surface area (Å²) in [6.45, 7) is 13.4. The first-order valence-electron chi connectivity index (χ1n) is 7.66. The summed E-state index contributed by atoms with van der Waals surface area (Å²) in [5.41, 5.74) is 0. The van der Waals surface area contributed by atoms with Gasteiger partial charge in [-0.25, -0.2) is 0 Å². The van der Waals surface area contributed by atoms with Crippen LogP contribution in [-0.4, -0.2) is 18.0 Å². The van der Waals surface area contributed by atoms with Crippen LogP contribution < -0.4 is 0 Å². The summed E-state index contributed by atoms with van der Waals surface area (Å²) in [5, 5.41) is 0. The number of allylic oxidation sites excluding steroid dienone is 2. The first kappa shape index (κ1) is 15.3.